The molecule has 0 bridgehead atoms. The Bertz CT molecular complexity index is 866. The number of esters is 1. The Kier molecular flexibility index (Phi) is 4.57. The lowest BCUT2D eigenvalue weighted by Gasteiger charge is -2.12. The monoisotopic (exact) mass is 338 g/mol. The molecule has 0 fully saturated rings. The molecule has 2 aromatic rings. The molecule has 128 valence electrons. The van der Waals surface area contributed by atoms with Gasteiger partial charge in [-0.15, -0.1) is 0 Å². The van der Waals surface area contributed by atoms with Gasteiger partial charge in [-0.1, -0.05) is 24.3 Å². The van der Waals surface area contributed by atoms with E-state index in [9.17, 15) is 9.59 Å². The van der Waals surface area contributed by atoms with Crippen molar-refractivity contribution in [1.29, 1.82) is 0 Å². The number of ether oxygens (including phenoxy) is 3. The van der Waals surface area contributed by atoms with E-state index in [1.54, 1.807) is 31.2 Å². The van der Waals surface area contributed by atoms with Crippen molar-refractivity contribution in [3.63, 3.8) is 0 Å². The summed E-state index contributed by atoms with van der Waals surface area (Å²) in [6, 6.07) is 12.6. The van der Waals surface area contributed by atoms with Crippen LogP contribution >= 0.6 is 0 Å². The van der Waals surface area contributed by atoms with E-state index in [4.69, 9.17) is 9.47 Å². The van der Waals surface area contributed by atoms with Crippen LogP contribution in [-0.2, 0) is 9.53 Å². The first-order chi connectivity index (χ1) is 12.0. The second-order valence-corrected chi connectivity index (χ2v) is 5.74. The largest absolute Gasteiger partial charge is 0.479 e. The van der Waals surface area contributed by atoms with Gasteiger partial charge in [0.1, 0.15) is 11.5 Å². The summed E-state index contributed by atoms with van der Waals surface area (Å²) >= 11 is 0. The predicted octanol–water partition coefficient (Wildman–Crippen LogP) is 3.55. The second-order valence-electron chi connectivity index (χ2n) is 5.74. The van der Waals surface area contributed by atoms with Gasteiger partial charge in [0.05, 0.1) is 12.7 Å². The van der Waals surface area contributed by atoms with Crippen LogP contribution in [0.25, 0.3) is 6.08 Å². The van der Waals surface area contributed by atoms with Crippen molar-refractivity contribution in [2.24, 2.45) is 0 Å². The molecule has 0 N–H and O–H groups in total. The van der Waals surface area contributed by atoms with Gasteiger partial charge in [0.15, 0.2) is 11.9 Å². The van der Waals surface area contributed by atoms with Gasteiger partial charge in [0, 0.05) is 6.07 Å². The summed E-state index contributed by atoms with van der Waals surface area (Å²) in [7, 11) is 1.30. The van der Waals surface area contributed by atoms with Crippen LogP contribution in [0.5, 0.6) is 11.5 Å². The molecule has 0 aliphatic carbocycles. The standard InChI is InChI=1S/C20H18O5/c1-12-6-4-5-7-14(12)10-18-19(21)16-9-8-15(11-17(16)25-18)24-13(2)20(22)23-3/h4-11,13H,1-3H3/t13-/m1/s1. The van der Waals surface area contributed by atoms with Crippen LogP contribution in [0.3, 0.4) is 0 Å². The molecule has 0 saturated carbocycles. The third-order valence-corrected chi connectivity index (χ3v) is 3.96. The van der Waals surface area contributed by atoms with Gasteiger partial charge in [-0.3, -0.25) is 4.79 Å². The fourth-order valence-electron chi connectivity index (χ4n) is 2.55. The number of rotatable bonds is 4. The molecular formula is C20H18O5. The Morgan fingerprint density at radius 3 is 2.68 bits per heavy atom. The van der Waals surface area contributed by atoms with Crippen LogP contribution in [0.15, 0.2) is 48.2 Å². The Morgan fingerprint density at radius 1 is 1.20 bits per heavy atom. The number of Topliss-reactive ketones (excluding diaryl/α,β-unsaturated/α-hetero) is 1. The fraction of sp³-hybridized carbons (Fsp3) is 0.200. The molecule has 1 heterocycles. The van der Waals surface area contributed by atoms with Gasteiger partial charge in [-0.2, -0.15) is 0 Å². The minimum absolute atomic E-state index is 0.175. The number of hydrogen-bond donors (Lipinski definition) is 0. The minimum Gasteiger partial charge on any atom is -0.479 e. The molecule has 0 radical (unpaired) electrons. The molecule has 0 unspecified atom stereocenters. The lowest BCUT2D eigenvalue weighted by Crippen LogP contribution is -2.24. The molecular weight excluding hydrogens is 320 g/mol. The maximum absolute atomic E-state index is 12.5. The van der Waals surface area contributed by atoms with Crippen molar-refractivity contribution < 1.29 is 23.8 Å². The number of methoxy groups -OCH3 is 1. The number of aryl methyl sites for hydroxylation is 1. The van der Waals surface area contributed by atoms with Crippen LogP contribution in [0.4, 0.5) is 0 Å². The molecule has 0 saturated heterocycles. The Morgan fingerprint density at radius 2 is 1.96 bits per heavy atom. The summed E-state index contributed by atoms with van der Waals surface area (Å²) in [4.78, 5) is 23.9. The Balaban J connectivity index is 1.84. The first-order valence-corrected chi connectivity index (χ1v) is 7.88. The molecule has 1 aliphatic heterocycles. The minimum atomic E-state index is -0.748. The van der Waals surface area contributed by atoms with Gasteiger partial charge < -0.3 is 14.2 Å². The van der Waals surface area contributed by atoms with Gasteiger partial charge >= 0.3 is 5.97 Å². The third kappa shape index (κ3) is 3.40. The maximum Gasteiger partial charge on any atom is 0.346 e. The van der Waals surface area contributed by atoms with Crippen LogP contribution in [-0.4, -0.2) is 25.0 Å². The Labute approximate surface area is 145 Å². The molecule has 3 rings (SSSR count). The summed E-state index contributed by atoms with van der Waals surface area (Å²) in [6.07, 6.45) is 0.983. The first kappa shape index (κ1) is 16.8. The molecule has 0 aromatic heterocycles. The van der Waals surface area contributed by atoms with Crippen LogP contribution in [0.2, 0.25) is 0 Å². The fourth-order valence-corrected chi connectivity index (χ4v) is 2.55. The summed E-state index contributed by atoms with van der Waals surface area (Å²) in [6.45, 7) is 3.56. The predicted molar refractivity (Wildman–Crippen MR) is 92.7 cm³/mol. The Hall–Kier alpha value is -3.08. The number of hydrogen-bond acceptors (Lipinski definition) is 5. The van der Waals surface area contributed by atoms with E-state index < -0.39 is 12.1 Å². The zero-order chi connectivity index (χ0) is 18.0. The second kappa shape index (κ2) is 6.81. The summed E-state index contributed by atoms with van der Waals surface area (Å²) < 4.78 is 15.8. The normalized spacial score (nSPS) is 15.5. The van der Waals surface area contributed by atoms with E-state index in [1.165, 1.54) is 7.11 Å². The number of carbonyl (C=O) groups excluding carboxylic acids is 2. The molecule has 25 heavy (non-hydrogen) atoms. The first-order valence-electron chi connectivity index (χ1n) is 7.88. The molecule has 5 heteroatoms. The van der Waals surface area contributed by atoms with E-state index in [1.807, 2.05) is 31.2 Å². The molecule has 2 aromatic carbocycles. The topological polar surface area (TPSA) is 61.8 Å². The third-order valence-electron chi connectivity index (χ3n) is 3.96. The summed E-state index contributed by atoms with van der Waals surface area (Å²) in [5.41, 5.74) is 2.45. The zero-order valence-electron chi connectivity index (χ0n) is 14.2. The number of carbonyl (C=O) groups is 2. The molecule has 0 amide bonds. The number of ketones is 1. The molecule has 1 atom stereocenters. The van der Waals surface area contributed by atoms with Crippen molar-refractivity contribution in [1.82, 2.24) is 0 Å². The average Bonchev–Trinajstić information content (AvgIpc) is 2.91. The van der Waals surface area contributed by atoms with Crippen molar-refractivity contribution in [2.75, 3.05) is 7.11 Å². The summed E-state index contributed by atoms with van der Waals surface area (Å²) in [5.74, 6) is 0.465. The van der Waals surface area contributed by atoms with Crippen molar-refractivity contribution >= 4 is 17.8 Å². The van der Waals surface area contributed by atoms with Gasteiger partial charge in [0.2, 0.25) is 5.78 Å². The van der Waals surface area contributed by atoms with Crippen molar-refractivity contribution in [3.05, 3.63) is 64.9 Å². The van der Waals surface area contributed by atoms with Crippen LogP contribution in [0, 0.1) is 6.92 Å². The van der Waals surface area contributed by atoms with Gasteiger partial charge in [0.25, 0.3) is 0 Å². The van der Waals surface area contributed by atoms with E-state index >= 15 is 0 Å². The lowest BCUT2D eigenvalue weighted by molar-refractivity contribution is -0.147. The number of allylic oxidation sites excluding steroid dienone is 1. The molecule has 5 nitrogen and oxygen atoms in total. The highest BCUT2D eigenvalue weighted by molar-refractivity contribution is 6.14. The van der Waals surface area contributed by atoms with Gasteiger partial charge in [-0.25, -0.2) is 4.79 Å². The number of fused-ring (bicyclic) bond motifs is 1. The lowest BCUT2D eigenvalue weighted by atomic mass is 10.1. The highest BCUT2D eigenvalue weighted by atomic mass is 16.6. The van der Waals surface area contributed by atoms with E-state index in [0.717, 1.165) is 11.1 Å². The highest BCUT2D eigenvalue weighted by Gasteiger charge is 2.28. The quantitative estimate of drug-likeness (QED) is 0.630. The van der Waals surface area contributed by atoms with Gasteiger partial charge in [-0.05, 0) is 43.2 Å². The average molecular weight is 338 g/mol. The smallest absolute Gasteiger partial charge is 0.346 e. The maximum atomic E-state index is 12.5. The van der Waals surface area contributed by atoms with E-state index in [2.05, 4.69) is 4.74 Å². The summed E-state index contributed by atoms with van der Waals surface area (Å²) in [5, 5.41) is 0. The zero-order valence-corrected chi connectivity index (χ0v) is 14.2. The highest BCUT2D eigenvalue weighted by Crippen LogP contribution is 2.35. The molecule has 1 aliphatic rings. The van der Waals surface area contributed by atoms with Crippen molar-refractivity contribution in [2.45, 2.75) is 20.0 Å². The van der Waals surface area contributed by atoms with Crippen LogP contribution in [0.1, 0.15) is 28.4 Å². The SMILES string of the molecule is COC(=O)[C@@H](C)Oc1ccc2c(c1)OC(=Cc1ccccc1C)C2=O. The van der Waals surface area contributed by atoms with E-state index in [-0.39, 0.29) is 11.5 Å². The molecule has 0 spiro atoms. The number of benzene rings is 2. The van der Waals surface area contributed by atoms with E-state index in [0.29, 0.717) is 17.1 Å². The van der Waals surface area contributed by atoms with Crippen molar-refractivity contribution in [3.8, 4) is 11.5 Å². The van der Waals surface area contributed by atoms with Crippen LogP contribution < -0.4 is 9.47 Å².